The molecular weight excluding hydrogens is 385 g/mol. The molecule has 1 aliphatic rings. The second-order valence-corrected chi connectivity index (χ2v) is 7.50. The van der Waals surface area contributed by atoms with Gasteiger partial charge in [-0.15, -0.1) is 0 Å². The van der Waals surface area contributed by atoms with Crippen LogP contribution in [-0.4, -0.2) is 27.0 Å². The number of amides is 1. The van der Waals surface area contributed by atoms with Gasteiger partial charge in [0.15, 0.2) is 0 Å². The molecule has 158 valence electrons. The van der Waals surface area contributed by atoms with Crippen molar-refractivity contribution in [2.75, 3.05) is 5.32 Å². The number of pyridine rings is 1. The van der Waals surface area contributed by atoms with E-state index in [9.17, 15) is 14.0 Å². The molecule has 0 saturated heterocycles. The predicted octanol–water partition coefficient (Wildman–Crippen LogP) is 3.46. The van der Waals surface area contributed by atoms with E-state index in [0.29, 0.717) is 35.2 Å². The number of imidazole rings is 1. The number of carbonyl (C=O) groups is 1. The second-order valence-electron chi connectivity index (χ2n) is 7.50. The number of rotatable bonds is 4. The van der Waals surface area contributed by atoms with Gasteiger partial charge >= 0.3 is 5.69 Å². The molecule has 0 atom stereocenters. The van der Waals surface area contributed by atoms with E-state index in [0.717, 1.165) is 5.92 Å². The summed E-state index contributed by atoms with van der Waals surface area (Å²) in [6.45, 7) is 2.31. The molecule has 0 spiro atoms. The number of nitrogens with two attached hydrogens (primary N) is 1. The number of aromatic amines is 1. The first kappa shape index (κ1) is 21.4. The zero-order valence-electron chi connectivity index (χ0n) is 16.8. The highest BCUT2D eigenvalue weighted by molar-refractivity contribution is 5.72. The summed E-state index contributed by atoms with van der Waals surface area (Å²) in [4.78, 5) is 29.1. The van der Waals surface area contributed by atoms with E-state index in [2.05, 4.69) is 22.2 Å². The lowest BCUT2D eigenvalue weighted by molar-refractivity contribution is -0.105. The monoisotopic (exact) mass is 411 g/mol. The van der Waals surface area contributed by atoms with Crippen LogP contribution in [0.2, 0.25) is 0 Å². The van der Waals surface area contributed by atoms with Crippen LogP contribution in [0.4, 0.5) is 10.2 Å². The van der Waals surface area contributed by atoms with Crippen LogP contribution in [0.1, 0.15) is 32.6 Å². The van der Waals surface area contributed by atoms with Crippen LogP contribution in [0.3, 0.4) is 0 Å². The zero-order valence-corrected chi connectivity index (χ0v) is 16.8. The van der Waals surface area contributed by atoms with Crippen LogP contribution in [0.15, 0.2) is 53.6 Å². The molecule has 2 aromatic heterocycles. The summed E-state index contributed by atoms with van der Waals surface area (Å²) in [7, 11) is 0. The van der Waals surface area contributed by atoms with Gasteiger partial charge in [0.05, 0.1) is 11.4 Å². The molecular formula is C22H26FN5O2. The molecule has 0 unspecified atom stereocenters. The van der Waals surface area contributed by atoms with E-state index in [1.807, 2.05) is 0 Å². The van der Waals surface area contributed by atoms with Gasteiger partial charge in [-0.1, -0.05) is 6.92 Å². The fourth-order valence-corrected chi connectivity index (χ4v) is 3.44. The Kier molecular flexibility index (Phi) is 7.13. The van der Waals surface area contributed by atoms with Crippen molar-refractivity contribution in [3.05, 3.63) is 65.1 Å². The summed E-state index contributed by atoms with van der Waals surface area (Å²) in [6.07, 6.45) is 8.79. The van der Waals surface area contributed by atoms with Crippen molar-refractivity contribution in [2.45, 2.75) is 38.6 Å². The Bertz CT molecular complexity index is 1010. The summed E-state index contributed by atoms with van der Waals surface area (Å²) in [6, 6.07) is 9.45. The molecule has 3 aromatic rings. The molecule has 1 fully saturated rings. The Morgan fingerprint density at radius 1 is 1.20 bits per heavy atom. The fraction of sp³-hybridized carbons (Fsp3) is 0.318. The number of halogens is 1. The van der Waals surface area contributed by atoms with Crippen LogP contribution in [0.5, 0.6) is 0 Å². The summed E-state index contributed by atoms with van der Waals surface area (Å²) >= 11 is 0. The van der Waals surface area contributed by atoms with E-state index >= 15 is 0 Å². The van der Waals surface area contributed by atoms with Crippen molar-refractivity contribution in [1.29, 1.82) is 0 Å². The molecule has 8 heteroatoms. The maximum absolute atomic E-state index is 13.0. The fourth-order valence-electron chi connectivity index (χ4n) is 3.44. The summed E-state index contributed by atoms with van der Waals surface area (Å²) in [5.41, 5.74) is 7.14. The van der Waals surface area contributed by atoms with Crippen LogP contribution in [0, 0.1) is 11.7 Å². The van der Waals surface area contributed by atoms with Crippen molar-refractivity contribution in [3.8, 4) is 16.9 Å². The van der Waals surface area contributed by atoms with Crippen molar-refractivity contribution in [1.82, 2.24) is 14.5 Å². The van der Waals surface area contributed by atoms with Gasteiger partial charge in [-0.05, 0) is 68.0 Å². The second kappa shape index (κ2) is 9.98. The number of hydrogen-bond donors (Lipinski definition) is 3. The molecule has 7 nitrogen and oxygen atoms in total. The topological polar surface area (TPSA) is 106 Å². The number of nitrogens with one attached hydrogen (secondary N) is 2. The molecule has 1 aliphatic carbocycles. The smallest absolute Gasteiger partial charge is 0.328 e. The predicted molar refractivity (Wildman–Crippen MR) is 115 cm³/mol. The molecule has 1 aromatic carbocycles. The third kappa shape index (κ3) is 5.42. The summed E-state index contributed by atoms with van der Waals surface area (Å²) in [5.74, 6) is 0.928. The van der Waals surface area contributed by atoms with Crippen molar-refractivity contribution in [3.63, 3.8) is 0 Å². The molecule has 0 radical (unpaired) electrons. The highest BCUT2D eigenvalue weighted by Crippen LogP contribution is 2.23. The van der Waals surface area contributed by atoms with Gasteiger partial charge in [0, 0.05) is 24.0 Å². The van der Waals surface area contributed by atoms with Crippen LogP contribution < -0.4 is 16.7 Å². The number of H-pyrrole nitrogens is 1. The molecule has 0 bridgehead atoms. The minimum absolute atomic E-state index is 0.344. The molecule has 4 N–H and O–H groups in total. The number of nitrogens with zero attached hydrogens (tertiary/aromatic N) is 2. The first-order valence-electron chi connectivity index (χ1n) is 9.96. The number of anilines is 1. The van der Waals surface area contributed by atoms with Crippen LogP contribution >= 0.6 is 0 Å². The van der Waals surface area contributed by atoms with E-state index in [1.54, 1.807) is 18.3 Å². The van der Waals surface area contributed by atoms with Gasteiger partial charge in [0.2, 0.25) is 6.41 Å². The Labute approximate surface area is 174 Å². The first-order chi connectivity index (χ1) is 14.5. The average Bonchev–Trinajstić information content (AvgIpc) is 3.13. The Morgan fingerprint density at radius 3 is 2.53 bits per heavy atom. The Hall–Kier alpha value is -3.26. The lowest BCUT2D eigenvalue weighted by atomic mass is 9.88. The maximum atomic E-state index is 13.0. The quantitative estimate of drug-likeness (QED) is 0.572. The molecule has 30 heavy (non-hydrogen) atoms. The van der Waals surface area contributed by atoms with Crippen LogP contribution in [-0.2, 0) is 4.79 Å². The highest BCUT2D eigenvalue weighted by Gasteiger charge is 2.13. The zero-order chi connectivity index (χ0) is 21.5. The minimum atomic E-state index is -0.379. The first-order valence-corrected chi connectivity index (χ1v) is 9.96. The van der Waals surface area contributed by atoms with E-state index < -0.39 is 0 Å². The number of aromatic nitrogens is 3. The van der Waals surface area contributed by atoms with Gasteiger partial charge in [0.1, 0.15) is 11.6 Å². The Morgan fingerprint density at radius 2 is 1.90 bits per heavy atom. The molecule has 1 saturated carbocycles. The SMILES string of the molecule is CC1CCC(N)CC1.O=CNc1cc(-c2c[nH]c(=O)n2-c2ccc(F)cc2)ccn1. The lowest BCUT2D eigenvalue weighted by Gasteiger charge is -2.22. The maximum Gasteiger partial charge on any atom is 0.330 e. The van der Waals surface area contributed by atoms with Crippen LogP contribution in [0.25, 0.3) is 16.9 Å². The van der Waals surface area contributed by atoms with Gasteiger partial charge in [-0.3, -0.25) is 9.36 Å². The lowest BCUT2D eigenvalue weighted by Crippen LogP contribution is -2.25. The third-order valence-electron chi connectivity index (χ3n) is 5.18. The molecule has 4 rings (SSSR count). The summed E-state index contributed by atoms with van der Waals surface area (Å²) in [5, 5.41) is 2.45. The minimum Gasteiger partial charge on any atom is -0.328 e. The van der Waals surface area contributed by atoms with Crippen molar-refractivity contribution >= 4 is 12.2 Å². The summed E-state index contributed by atoms with van der Waals surface area (Å²) < 4.78 is 14.5. The third-order valence-corrected chi connectivity index (χ3v) is 5.18. The Balaban J connectivity index is 0.000000269. The van der Waals surface area contributed by atoms with Gasteiger partial charge < -0.3 is 16.0 Å². The number of carbonyl (C=O) groups excluding carboxylic acids is 1. The largest absolute Gasteiger partial charge is 0.330 e. The number of hydrogen-bond acceptors (Lipinski definition) is 4. The van der Waals surface area contributed by atoms with E-state index in [-0.39, 0.29) is 11.5 Å². The van der Waals surface area contributed by atoms with E-state index in [4.69, 9.17) is 5.73 Å². The highest BCUT2D eigenvalue weighted by atomic mass is 19.1. The van der Waals surface area contributed by atoms with E-state index in [1.165, 1.54) is 60.7 Å². The van der Waals surface area contributed by atoms with Crippen molar-refractivity contribution < 1.29 is 9.18 Å². The molecule has 2 heterocycles. The normalized spacial score (nSPS) is 18.2. The molecule has 0 aliphatic heterocycles. The number of benzene rings is 1. The molecule has 1 amide bonds. The average molecular weight is 411 g/mol. The standard InChI is InChI=1S/C15H11FN4O2.C7H15N/c16-11-1-3-12(4-2-11)20-13(8-18-15(20)22)10-5-6-17-14(7-10)19-9-21;1-6-2-4-7(8)5-3-6/h1-9H,(H,18,22)(H,17,19,21);6-7H,2-5,8H2,1H3. The van der Waals surface area contributed by atoms with Gasteiger partial charge in [0.25, 0.3) is 0 Å². The van der Waals surface area contributed by atoms with Gasteiger partial charge in [-0.25, -0.2) is 14.2 Å². The van der Waals surface area contributed by atoms with Crippen molar-refractivity contribution in [2.24, 2.45) is 11.7 Å². The van der Waals surface area contributed by atoms with Gasteiger partial charge in [-0.2, -0.15) is 0 Å².